The predicted octanol–water partition coefficient (Wildman–Crippen LogP) is 2.81. The quantitative estimate of drug-likeness (QED) is 0.688. The van der Waals surface area contributed by atoms with Crippen LogP contribution in [0.3, 0.4) is 0 Å². The van der Waals surface area contributed by atoms with E-state index < -0.39 is 0 Å². The number of nitrogens with zero attached hydrogens (tertiary/aromatic N) is 3. The first kappa shape index (κ1) is 20.4. The van der Waals surface area contributed by atoms with Crippen LogP contribution in [0.5, 0.6) is 0 Å². The monoisotopic (exact) mass is 403 g/mol. The predicted molar refractivity (Wildman–Crippen MR) is 119 cm³/mol. The molecule has 1 aliphatic heterocycles. The van der Waals surface area contributed by atoms with Crippen LogP contribution < -0.4 is 4.90 Å². The van der Waals surface area contributed by atoms with Gasteiger partial charge in [0.1, 0.15) is 12.2 Å². The van der Waals surface area contributed by atoms with E-state index in [9.17, 15) is 4.79 Å². The Labute approximate surface area is 178 Å². The maximum atomic E-state index is 12.8. The zero-order chi connectivity index (χ0) is 20.9. The van der Waals surface area contributed by atoms with Crippen molar-refractivity contribution in [3.05, 3.63) is 72.4 Å². The van der Waals surface area contributed by atoms with Crippen LogP contribution >= 0.6 is 0 Å². The summed E-state index contributed by atoms with van der Waals surface area (Å²) in [4.78, 5) is 16.0. The summed E-state index contributed by atoms with van der Waals surface area (Å²) in [5.41, 5.74) is 4.28. The number of para-hydroxylation sites is 1. The highest BCUT2D eigenvalue weighted by atomic mass is 16.2. The van der Waals surface area contributed by atoms with Crippen molar-refractivity contribution in [2.45, 2.75) is 26.3 Å². The van der Waals surface area contributed by atoms with E-state index in [-0.39, 0.29) is 5.91 Å². The molecule has 3 aromatic rings. The number of benzene rings is 2. The second kappa shape index (κ2) is 9.26. The number of aromatic nitrogens is 2. The van der Waals surface area contributed by atoms with Gasteiger partial charge in [-0.05, 0) is 30.9 Å². The summed E-state index contributed by atoms with van der Waals surface area (Å²) in [5.74, 6) is 0.993. The van der Waals surface area contributed by atoms with Crippen molar-refractivity contribution in [3.63, 3.8) is 0 Å². The third-order valence-electron chi connectivity index (χ3n) is 5.94. The van der Waals surface area contributed by atoms with Gasteiger partial charge in [-0.25, -0.2) is 4.68 Å². The zero-order valence-corrected chi connectivity index (χ0v) is 17.9. The molecule has 30 heavy (non-hydrogen) atoms. The summed E-state index contributed by atoms with van der Waals surface area (Å²) < 4.78 is 1.94. The Morgan fingerprint density at radius 3 is 2.33 bits per heavy atom. The first-order valence-corrected chi connectivity index (χ1v) is 10.9. The molecule has 5 nitrogen and oxygen atoms in total. The normalized spacial score (nSPS) is 15.9. The molecule has 2 heterocycles. The maximum absolute atomic E-state index is 12.8. The van der Waals surface area contributed by atoms with Crippen LogP contribution in [0.4, 0.5) is 0 Å². The number of hydrogen-bond donors (Lipinski definition) is 1. The third-order valence-corrected chi connectivity index (χ3v) is 5.94. The number of hydrogen-bond acceptors (Lipinski definition) is 2. The molecule has 0 saturated carbocycles. The summed E-state index contributed by atoms with van der Waals surface area (Å²) in [7, 11) is 2.10. The molecule has 0 aliphatic carbocycles. The molecular formula is C25H31N4O+. The lowest BCUT2D eigenvalue weighted by atomic mass is 9.99. The Balaban J connectivity index is 1.52. The number of likely N-dealkylation sites (tertiary alicyclic amines) is 1. The van der Waals surface area contributed by atoms with Gasteiger partial charge in [-0.3, -0.25) is 4.79 Å². The van der Waals surface area contributed by atoms with Gasteiger partial charge in [-0.2, -0.15) is 5.10 Å². The molecule has 5 heteroatoms. The van der Waals surface area contributed by atoms with Crippen molar-refractivity contribution < 1.29 is 9.69 Å². The van der Waals surface area contributed by atoms with Crippen molar-refractivity contribution in [2.75, 3.05) is 26.7 Å². The first-order chi connectivity index (χ1) is 14.6. The van der Waals surface area contributed by atoms with Gasteiger partial charge in [0.05, 0.1) is 18.3 Å². The van der Waals surface area contributed by atoms with Crippen LogP contribution in [0.1, 0.15) is 25.3 Å². The Kier molecular flexibility index (Phi) is 6.29. The molecular weight excluding hydrogens is 372 g/mol. The van der Waals surface area contributed by atoms with Crippen molar-refractivity contribution in [1.29, 1.82) is 0 Å². The van der Waals surface area contributed by atoms with Crippen LogP contribution in [-0.2, 0) is 11.3 Å². The highest BCUT2D eigenvalue weighted by Crippen LogP contribution is 2.23. The minimum Gasteiger partial charge on any atom is -0.338 e. The molecule has 1 saturated heterocycles. The van der Waals surface area contributed by atoms with E-state index in [1.165, 1.54) is 4.90 Å². The number of likely N-dealkylation sites (N-methyl/N-ethyl adjacent to an activating group) is 1. The molecule has 1 N–H and O–H groups in total. The lowest BCUT2D eigenvalue weighted by Gasteiger charge is -2.30. The van der Waals surface area contributed by atoms with Crippen molar-refractivity contribution in [1.82, 2.24) is 14.7 Å². The van der Waals surface area contributed by atoms with Crippen LogP contribution in [0, 0.1) is 5.92 Å². The summed E-state index contributed by atoms with van der Waals surface area (Å²) in [5, 5.41) is 4.89. The van der Waals surface area contributed by atoms with Gasteiger partial charge < -0.3 is 9.80 Å². The molecule has 4 rings (SSSR count). The topological polar surface area (TPSA) is 42.6 Å². The van der Waals surface area contributed by atoms with Gasteiger partial charge in [0, 0.05) is 24.8 Å². The fraction of sp³-hybridized carbons (Fsp3) is 0.360. The number of rotatable bonds is 6. The minimum atomic E-state index is 0.260. The highest BCUT2D eigenvalue weighted by molar-refractivity contribution is 5.77. The van der Waals surface area contributed by atoms with Gasteiger partial charge >= 0.3 is 0 Å². The standard InChI is InChI=1S/C25H30N4O/c1-20-13-15-28(16-14-20)24(30)19-27(2)17-22-18-29(23-11-7-4-8-12-23)26-25(22)21-9-5-3-6-10-21/h3-12,18,20H,13-17,19H2,1-2H3/p+1. The number of amides is 1. The molecule has 1 amide bonds. The van der Waals surface area contributed by atoms with Crippen molar-refractivity contribution >= 4 is 5.91 Å². The third kappa shape index (κ3) is 4.79. The molecule has 1 aliphatic rings. The largest absolute Gasteiger partial charge is 0.338 e. The SMILES string of the molecule is CC1CCN(C(=O)C[NH+](C)Cc2cn(-c3ccccc3)nc2-c2ccccc2)CC1. The van der Waals surface area contributed by atoms with E-state index in [1.54, 1.807) is 0 Å². The number of piperidine rings is 1. The van der Waals surface area contributed by atoms with Gasteiger partial charge in [0.25, 0.3) is 5.91 Å². The van der Waals surface area contributed by atoms with E-state index in [0.717, 1.165) is 60.9 Å². The number of quaternary nitrogens is 1. The zero-order valence-electron chi connectivity index (χ0n) is 17.9. The number of carbonyl (C=O) groups is 1. The molecule has 2 aromatic carbocycles. The Bertz CT molecular complexity index is 959. The van der Waals surface area contributed by atoms with E-state index in [0.29, 0.717) is 6.54 Å². The lowest BCUT2D eigenvalue weighted by Crippen LogP contribution is -3.08. The highest BCUT2D eigenvalue weighted by Gasteiger charge is 2.24. The van der Waals surface area contributed by atoms with E-state index in [4.69, 9.17) is 5.10 Å². The fourth-order valence-corrected chi connectivity index (χ4v) is 4.11. The smallest absolute Gasteiger partial charge is 0.277 e. The molecule has 0 spiro atoms. The van der Waals surface area contributed by atoms with E-state index in [1.807, 2.05) is 46.0 Å². The summed E-state index contributed by atoms with van der Waals surface area (Å²) in [6.07, 6.45) is 4.34. The summed E-state index contributed by atoms with van der Waals surface area (Å²) in [6, 6.07) is 20.5. The average Bonchev–Trinajstić information content (AvgIpc) is 3.19. The van der Waals surface area contributed by atoms with Gasteiger partial charge in [0.2, 0.25) is 0 Å². The second-order valence-electron chi connectivity index (χ2n) is 8.52. The Morgan fingerprint density at radius 2 is 1.67 bits per heavy atom. The van der Waals surface area contributed by atoms with E-state index >= 15 is 0 Å². The Morgan fingerprint density at radius 1 is 1.03 bits per heavy atom. The first-order valence-electron chi connectivity index (χ1n) is 10.9. The molecule has 1 unspecified atom stereocenters. The molecule has 0 radical (unpaired) electrons. The molecule has 0 bridgehead atoms. The lowest BCUT2D eigenvalue weighted by molar-refractivity contribution is -0.885. The second-order valence-corrected chi connectivity index (χ2v) is 8.52. The van der Waals surface area contributed by atoms with Crippen molar-refractivity contribution in [3.8, 4) is 16.9 Å². The Hall–Kier alpha value is -2.92. The molecule has 1 fully saturated rings. The molecule has 156 valence electrons. The fourth-order valence-electron chi connectivity index (χ4n) is 4.11. The van der Waals surface area contributed by atoms with Crippen LogP contribution in [0.15, 0.2) is 66.9 Å². The van der Waals surface area contributed by atoms with Gasteiger partial charge in [-0.15, -0.1) is 0 Å². The van der Waals surface area contributed by atoms with Crippen LogP contribution in [-0.4, -0.2) is 47.3 Å². The van der Waals surface area contributed by atoms with Gasteiger partial charge in [0.15, 0.2) is 6.54 Å². The average molecular weight is 404 g/mol. The molecule has 1 aromatic heterocycles. The molecule has 1 atom stereocenters. The van der Waals surface area contributed by atoms with E-state index in [2.05, 4.69) is 44.4 Å². The number of nitrogens with one attached hydrogen (secondary N) is 1. The van der Waals surface area contributed by atoms with Crippen molar-refractivity contribution in [2.24, 2.45) is 5.92 Å². The summed E-state index contributed by atoms with van der Waals surface area (Å²) in [6.45, 7) is 5.34. The maximum Gasteiger partial charge on any atom is 0.277 e. The number of carbonyl (C=O) groups excluding carboxylic acids is 1. The summed E-state index contributed by atoms with van der Waals surface area (Å²) >= 11 is 0. The van der Waals surface area contributed by atoms with Gasteiger partial charge in [-0.1, -0.05) is 55.5 Å². The minimum absolute atomic E-state index is 0.260. The van der Waals surface area contributed by atoms with Crippen LogP contribution in [0.2, 0.25) is 0 Å². The van der Waals surface area contributed by atoms with Crippen LogP contribution in [0.25, 0.3) is 16.9 Å².